The van der Waals surface area contributed by atoms with Crippen molar-refractivity contribution in [1.82, 2.24) is 5.01 Å². The summed E-state index contributed by atoms with van der Waals surface area (Å²) in [6.07, 6.45) is 1.20. The molecule has 0 saturated carbocycles. The highest BCUT2D eigenvalue weighted by molar-refractivity contribution is 9.10. The quantitative estimate of drug-likeness (QED) is 0.448. The molecular formula is C22H16BrFN2O3S. The topological polar surface area (TPSA) is 59.0 Å². The normalized spacial score (nSPS) is 15.7. The van der Waals surface area contributed by atoms with Crippen LogP contribution < -0.4 is 4.74 Å². The molecule has 1 amide bonds. The first-order valence-corrected chi connectivity index (χ1v) is 10.8. The SMILES string of the molecule is O=Cc1cc(Br)ccc1OCC(=O)N1N=C(c2ccc(F)cc2)CC1c1cccs1. The lowest BCUT2D eigenvalue weighted by molar-refractivity contribution is -0.135. The molecule has 1 unspecified atom stereocenters. The van der Waals surface area contributed by atoms with Gasteiger partial charge in [-0.25, -0.2) is 9.40 Å². The van der Waals surface area contributed by atoms with Crippen molar-refractivity contribution in [3.8, 4) is 5.75 Å². The van der Waals surface area contributed by atoms with Gasteiger partial charge in [0.15, 0.2) is 12.9 Å². The fraction of sp³-hybridized carbons (Fsp3) is 0.136. The van der Waals surface area contributed by atoms with E-state index in [1.165, 1.54) is 17.1 Å². The third kappa shape index (κ3) is 4.34. The number of carbonyl (C=O) groups is 2. The number of hydrazone groups is 1. The summed E-state index contributed by atoms with van der Waals surface area (Å²) in [7, 11) is 0. The van der Waals surface area contributed by atoms with Crippen LogP contribution in [0.5, 0.6) is 5.75 Å². The Morgan fingerprint density at radius 1 is 1.27 bits per heavy atom. The molecule has 2 aromatic carbocycles. The van der Waals surface area contributed by atoms with Crippen molar-refractivity contribution in [2.75, 3.05) is 6.61 Å². The fourth-order valence-corrected chi connectivity index (χ4v) is 4.40. The molecule has 4 rings (SSSR count). The van der Waals surface area contributed by atoms with Crippen LogP contribution in [0.4, 0.5) is 4.39 Å². The van der Waals surface area contributed by atoms with Gasteiger partial charge in [-0.05, 0) is 47.3 Å². The maximum absolute atomic E-state index is 13.3. The highest BCUT2D eigenvalue weighted by Crippen LogP contribution is 2.35. The Morgan fingerprint density at radius 3 is 2.77 bits per heavy atom. The summed E-state index contributed by atoms with van der Waals surface area (Å²) in [6, 6.07) is 14.7. The lowest BCUT2D eigenvalue weighted by Crippen LogP contribution is -2.31. The zero-order chi connectivity index (χ0) is 21.1. The van der Waals surface area contributed by atoms with Gasteiger partial charge >= 0.3 is 0 Å². The number of thiophene rings is 1. The van der Waals surface area contributed by atoms with Crippen molar-refractivity contribution in [1.29, 1.82) is 0 Å². The van der Waals surface area contributed by atoms with Crippen LogP contribution in [0.3, 0.4) is 0 Å². The molecule has 0 aliphatic carbocycles. The maximum atomic E-state index is 13.3. The van der Waals surface area contributed by atoms with Gasteiger partial charge in [0.05, 0.1) is 17.3 Å². The van der Waals surface area contributed by atoms with E-state index >= 15 is 0 Å². The predicted molar refractivity (Wildman–Crippen MR) is 116 cm³/mol. The molecule has 8 heteroatoms. The van der Waals surface area contributed by atoms with Crippen molar-refractivity contribution in [3.05, 3.63) is 86.3 Å². The van der Waals surface area contributed by atoms with Gasteiger partial charge in [0.25, 0.3) is 5.91 Å². The standard InChI is InChI=1S/C22H16BrFN2O3S/c23-16-5-8-20(15(10-16)12-27)29-13-22(28)26-19(21-2-1-9-30-21)11-18(25-26)14-3-6-17(24)7-4-14/h1-10,12,19H,11,13H2. The number of hydrogen-bond acceptors (Lipinski definition) is 5. The molecule has 0 N–H and O–H groups in total. The van der Waals surface area contributed by atoms with Crippen LogP contribution in [0.15, 0.2) is 69.6 Å². The molecule has 5 nitrogen and oxygen atoms in total. The first kappa shape index (κ1) is 20.4. The Bertz CT molecular complexity index is 1100. The summed E-state index contributed by atoms with van der Waals surface area (Å²) in [5, 5.41) is 7.89. The minimum absolute atomic E-state index is 0.253. The van der Waals surface area contributed by atoms with E-state index in [0.29, 0.717) is 29.7 Å². The molecule has 30 heavy (non-hydrogen) atoms. The van der Waals surface area contributed by atoms with E-state index in [-0.39, 0.29) is 24.4 Å². The molecule has 0 fully saturated rings. The van der Waals surface area contributed by atoms with E-state index in [9.17, 15) is 14.0 Å². The molecule has 1 aromatic heterocycles. The second-order valence-electron chi connectivity index (χ2n) is 6.62. The highest BCUT2D eigenvalue weighted by atomic mass is 79.9. The Labute approximate surface area is 184 Å². The van der Waals surface area contributed by atoms with Crippen LogP contribution in [0.2, 0.25) is 0 Å². The Kier molecular flexibility index (Phi) is 6.06. The molecule has 0 spiro atoms. The number of halogens is 2. The molecule has 2 heterocycles. The summed E-state index contributed by atoms with van der Waals surface area (Å²) in [5.74, 6) is -0.324. The third-order valence-electron chi connectivity index (χ3n) is 4.66. The zero-order valence-corrected chi connectivity index (χ0v) is 18.0. The highest BCUT2D eigenvalue weighted by Gasteiger charge is 2.34. The number of aldehydes is 1. The first-order valence-electron chi connectivity index (χ1n) is 9.11. The average Bonchev–Trinajstić information content (AvgIpc) is 3.43. The zero-order valence-electron chi connectivity index (χ0n) is 15.6. The van der Waals surface area contributed by atoms with Gasteiger partial charge in [-0.1, -0.05) is 34.1 Å². The van der Waals surface area contributed by atoms with Crippen molar-refractivity contribution >= 4 is 45.2 Å². The van der Waals surface area contributed by atoms with E-state index in [2.05, 4.69) is 21.0 Å². The molecule has 0 saturated heterocycles. The first-order chi connectivity index (χ1) is 14.5. The summed E-state index contributed by atoms with van der Waals surface area (Å²) in [5.41, 5.74) is 1.83. The van der Waals surface area contributed by atoms with Gasteiger partial charge in [0.2, 0.25) is 0 Å². The second-order valence-corrected chi connectivity index (χ2v) is 8.51. The molecule has 0 bridgehead atoms. The molecule has 1 aliphatic heterocycles. The van der Waals surface area contributed by atoms with Crippen LogP contribution in [-0.4, -0.2) is 29.5 Å². The van der Waals surface area contributed by atoms with Crippen LogP contribution >= 0.6 is 27.3 Å². The van der Waals surface area contributed by atoms with Gasteiger partial charge < -0.3 is 4.74 Å². The number of carbonyl (C=O) groups excluding carboxylic acids is 2. The van der Waals surface area contributed by atoms with Gasteiger partial charge in [0.1, 0.15) is 11.6 Å². The molecular weight excluding hydrogens is 471 g/mol. The van der Waals surface area contributed by atoms with Crippen LogP contribution in [-0.2, 0) is 4.79 Å². The lowest BCUT2D eigenvalue weighted by atomic mass is 10.0. The van der Waals surface area contributed by atoms with Crippen LogP contribution in [0.1, 0.15) is 33.3 Å². The number of rotatable bonds is 6. The van der Waals surface area contributed by atoms with Crippen LogP contribution in [0, 0.1) is 5.82 Å². The van der Waals surface area contributed by atoms with Gasteiger partial charge in [-0.2, -0.15) is 5.10 Å². The monoisotopic (exact) mass is 486 g/mol. The smallest absolute Gasteiger partial charge is 0.281 e. The van der Waals surface area contributed by atoms with Crippen molar-refractivity contribution < 1.29 is 18.7 Å². The van der Waals surface area contributed by atoms with Crippen molar-refractivity contribution in [2.45, 2.75) is 12.5 Å². The number of nitrogens with zero attached hydrogens (tertiary/aromatic N) is 2. The molecule has 1 atom stereocenters. The van der Waals surface area contributed by atoms with E-state index in [4.69, 9.17) is 4.74 Å². The Hall–Kier alpha value is -2.84. The van der Waals surface area contributed by atoms with Gasteiger partial charge in [-0.3, -0.25) is 9.59 Å². The average molecular weight is 487 g/mol. The summed E-state index contributed by atoms with van der Waals surface area (Å²) >= 11 is 4.85. The van der Waals surface area contributed by atoms with E-state index in [1.54, 1.807) is 41.7 Å². The molecule has 3 aromatic rings. The lowest BCUT2D eigenvalue weighted by Gasteiger charge is -2.21. The Balaban J connectivity index is 1.56. The molecule has 1 aliphatic rings. The molecule has 0 radical (unpaired) electrons. The third-order valence-corrected chi connectivity index (χ3v) is 6.13. The van der Waals surface area contributed by atoms with Crippen LogP contribution in [0.25, 0.3) is 0 Å². The Morgan fingerprint density at radius 2 is 2.07 bits per heavy atom. The van der Waals surface area contributed by atoms with Crippen molar-refractivity contribution in [2.24, 2.45) is 5.10 Å². The summed E-state index contributed by atoms with van der Waals surface area (Å²) in [4.78, 5) is 25.2. The number of hydrogen-bond donors (Lipinski definition) is 0. The maximum Gasteiger partial charge on any atom is 0.281 e. The van der Waals surface area contributed by atoms with Crippen molar-refractivity contribution in [3.63, 3.8) is 0 Å². The molecule has 152 valence electrons. The number of amides is 1. The number of benzene rings is 2. The van der Waals surface area contributed by atoms with E-state index < -0.39 is 0 Å². The summed E-state index contributed by atoms with van der Waals surface area (Å²) < 4.78 is 19.6. The minimum atomic E-state index is -0.328. The predicted octanol–water partition coefficient (Wildman–Crippen LogP) is 5.22. The number of ether oxygens (including phenoxy) is 1. The second kappa shape index (κ2) is 8.89. The van der Waals surface area contributed by atoms with E-state index in [0.717, 1.165) is 14.9 Å². The largest absolute Gasteiger partial charge is 0.483 e. The van der Waals surface area contributed by atoms with Gasteiger partial charge in [0, 0.05) is 15.8 Å². The van der Waals surface area contributed by atoms with E-state index in [1.807, 2.05) is 17.5 Å². The summed E-state index contributed by atoms with van der Waals surface area (Å²) in [6.45, 7) is -0.259. The van der Waals surface area contributed by atoms with Gasteiger partial charge in [-0.15, -0.1) is 11.3 Å². The minimum Gasteiger partial charge on any atom is -0.483 e. The fourth-order valence-electron chi connectivity index (χ4n) is 3.21.